The van der Waals surface area contributed by atoms with Crippen molar-refractivity contribution in [2.75, 3.05) is 5.32 Å². The zero-order valence-electron chi connectivity index (χ0n) is 10.5. The molecule has 0 bridgehead atoms. The fourth-order valence-corrected chi connectivity index (χ4v) is 2.22. The first-order valence-corrected chi connectivity index (χ1v) is 6.65. The molecule has 0 fully saturated rings. The van der Waals surface area contributed by atoms with E-state index in [1.165, 1.54) is 11.3 Å². The molecular weight excluding hydrogens is 302 g/mol. The van der Waals surface area contributed by atoms with Crippen LogP contribution in [-0.4, -0.2) is 17.1 Å². The van der Waals surface area contributed by atoms with Gasteiger partial charge in [-0.1, -0.05) is 6.07 Å². The molecule has 0 spiro atoms. The van der Waals surface area contributed by atoms with Crippen LogP contribution in [0.4, 0.5) is 19.3 Å². The largest absolute Gasteiger partial charge is 0.478 e. The standard InChI is InChI=1S/C13H10F2N2O3S/c14-9-4-8(12(18)19)11(5-10(9)15)17-13(20)16-6-7-2-1-3-21-7/h1-5H,6H2,(H,18,19)(H2,16,17,20). The molecular formula is C13H10F2N2O3S. The SMILES string of the molecule is O=C(NCc1cccs1)Nc1cc(F)c(F)cc1C(=O)O. The molecule has 2 rings (SSSR count). The highest BCUT2D eigenvalue weighted by Gasteiger charge is 2.17. The van der Waals surface area contributed by atoms with Gasteiger partial charge in [-0.2, -0.15) is 0 Å². The van der Waals surface area contributed by atoms with Gasteiger partial charge in [0.2, 0.25) is 0 Å². The van der Waals surface area contributed by atoms with Gasteiger partial charge in [-0.05, 0) is 17.5 Å². The summed E-state index contributed by atoms with van der Waals surface area (Å²) < 4.78 is 26.2. The quantitative estimate of drug-likeness (QED) is 0.812. The van der Waals surface area contributed by atoms with Crippen LogP contribution >= 0.6 is 11.3 Å². The van der Waals surface area contributed by atoms with Crippen molar-refractivity contribution >= 4 is 29.0 Å². The Bertz CT molecular complexity index is 674. The molecule has 0 aliphatic rings. The molecule has 1 aromatic heterocycles. The Hall–Kier alpha value is -2.48. The number of anilines is 1. The fraction of sp³-hybridized carbons (Fsp3) is 0.0769. The molecule has 1 heterocycles. The number of carbonyl (C=O) groups is 2. The molecule has 1 aromatic carbocycles. The Labute approximate surface area is 122 Å². The maximum absolute atomic E-state index is 13.1. The minimum atomic E-state index is -1.47. The van der Waals surface area contributed by atoms with E-state index >= 15 is 0 Å². The van der Waals surface area contributed by atoms with Crippen molar-refractivity contribution < 1.29 is 23.5 Å². The van der Waals surface area contributed by atoms with Crippen molar-refractivity contribution in [3.63, 3.8) is 0 Å². The highest BCUT2D eigenvalue weighted by atomic mass is 32.1. The second-order valence-corrected chi connectivity index (χ2v) is 5.04. The van der Waals surface area contributed by atoms with Crippen LogP contribution in [0, 0.1) is 11.6 Å². The highest BCUT2D eigenvalue weighted by molar-refractivity contribution is 7.09. The van der Waals surface area contributed by atoms with E-state index < -0.39 is 29.2 Å². The third-order valence-corrected chi connectivity index (χ3v) is 3.42. The number of amides is 2. The van der Waals surface area contributed by atoms with Crippen molar-refractivity contribution in [1.29, 1.82) is 0 Å². The van der Waals surface area contributed by atoms with E-state index in [1.807, 2.05) is 17.5 Å². The van der Waals surface area contributed by atoms with Crippen molar-refractivity contribution in [2.24, 2.45) is 0 Å². The topological polar surface area (TPSA) is 78.4 Å². The van der Waals surface area contributed by atoms with Gasteiger partial charge in [0.25, 0.3) is 0 Å². The number of rotatable bonds is 4. The number of hydrogen-bond donors (Lipinski definition) is 3. The second-order valence-electron chi connectivity index (χ2n) is 4.00. The number of carbonyl (C=O) groups excluding carboxylic acids is 1. The van der Waals surface area contributed by atoms with Gasteiger partial charge in [0, 0.05) is 10.9 Å². The molecule has 0 saturated carbocycles. The maximum atomic E-state index is 13.1. The van der Waals surface area contributed by atoms with Crippen LogP contribution in [0.1, 0.15) is 15.2 Å². The average Bonchev–Trinajstić information content (AvgIpc) is 2.93. The molecule has 0 aliphatic heterocycles. The molecule has 110 valence electrons. The van der Waals surface area contributed by atoms with E-state index in [1.54, 1.807) is 0 Å². The molecule has 8 heteroatoms. The lowest BCUT2D eigenvalue weighted by Gasteiger charge is -2.10. The monoisotopic (exact) mass is 312 g/mol. The summed E-state index contributed by atoms with van der Waals surface area (Å²) in [6.45, 7) is 0.246. The molecule has 0 aliphatic carbocycles. The molecule has 3 N–H and O–H groups in total. The Morgan fingerprint density at radius 2 is 1.95 bits per heavy atom. The Morgan fingerprint density at radius 3 is 2.57 bits per heavy atom. The summed E-state index contributed by atoms with van der Waals surface area (Å²) in [6.07, 6.45) is 0. The van der Waals surface area contributed by atoms with Crippen LogP contribution in [0.2, 0.25) is 0 Å². The van der Waals surface area contributed by atoms with Gasteiger partial charge in [0.15, 0.2) is 11.6 Å². The summed E-state index contributed by atoms with van der Waals surface area (Å²) in [5.41, 5.74) is -0.842. The minimum absolute atomic E-state index is 0.246. The van der Waals surface area contributed by atoms with Crippen LogP contribution in [0.15, 0.2) is 29.6 Å². The summed E-state index contributed by atoms with van der Waals surface area (Å²) in [5, 5.41) is 15.4. The summed E-state index contributed by atoms with van der Waals surface area (Å²) in [4.78, 5) is 23.5. The van der Waals surface area contributed by atoms with E-state index in [0.717, 1.165) is 4.88 Å². The summed E-state index contributed by atoms with van der Waals surface area (Å²) in [7, 11) is 0. The average molecular weight is 312 g/mol. The molecule has 2 amide bonds. The Morgan fingerprint density at radius 1 is 1.24 bits per heavy atom. The van der Waals surface area contributed by atoms with Gasteiger partial charge in [-0.15, -0.1) is 11.3 Å². The van der Waals surface area contributed by atoms with E-state index in [0.29, 0.717) is 12.1 Å². The van der Waals surface area contributed by atoms with Crippen LogP contribution in [-0.2, 0) is 6.54 Å². The van der Waals surface area contributed by atoms with E-state index in [-0.39, 0.29) is 12.2 Å². The van der Waals surface area contributed by atoms with Crippen LogP contribution < -0.4 is 10.6 Å². The summed E-state index contributed by atoms with van der Waals surface area (Å²) in [5.74, 6) is -4.01. The number of carboxylic acid groups (broad SMARTS) is 1. The van der Waals surface area contributed by atoms with Gasteiger partial charge >= 0.3 is 12.0 Å². The number of urea groups is 1. The smallest absolute Gasteiger partial charge is 0.337 e. The lowest BCUT2D eigenvalue weighted by Crippen LogP contribution is -2.28. The molecule has 0 saturated heterocycles. The number of hydrogen-bond acceptors (Lipinski definition) is 3. The van der Waals surface area contributed by atoms with E-state index in [4.69, 9.17) is 5.11 Å². The maximum Gasteiger partial charge on any atom is 0.337 e. The number of carboxylic acids is 1. The van der Waals surface area contributed by atoms with Crippen molar-refractivity contribution in [3.05, 3.63) is 51.7 Å². The van der Waals surface area contributed by atoms with Gasteiger partial charge in [-0.3, -0.25) is 0 Å². The number of aromatic carboxylic acids is 1. The van der Waals surface area contributed by atoms with Gasteiger partial charge in [0.05, 0.1) is 17.8 Å². The highest BCUT2D eigenvalue weighted by Crippen LogP contribution is 2.20. The summed E-state index contributed by atoms with van der Waals surface area (Å²) in [6, 6.07) is 4.07. The number of nitrogens with one attached hydrogen (secondary N) is 2. The Kier molecular flexibility index (Phi) is 4.49. The second kappa shape index (κ2) is 6.31. The van der Waals surface area contributed by atoms with E-state index in [2.05, 4.69) is 10.6 Å². The number of thiophene rings is 1. The summed E-state index contributed by atoms with van der Waals surface area (Å²) >= 11 is 1.44. The van der Waals surface area contributed by atoms with E-state index in [9.17, 15) is 18.4 Å². The van der Waals surface area contributed by atoms with Crippen molar-refractivity contribution in [2.45, 2.75) is 6.54 Å². The lowest BCUT2D eigenvalue weighted by atomic mass is 10.1. The first kappa shape index (κ1) is 14.9. The zero-order valence-corrected chi connectivity index (χ0v) is 11.3. The number of halogens is 2. The van der Waals surface area contributed by atoms with Crippen molar-refractivity contribution in [3.8, 4) is 0 Å². The molecule has 0 radical (unpaired) electrons. The molecule has 5 nitrogen and oxygen atoms in total. The van der Waals surface area contributed by atoms with Crippen LogP contribution in [0.5, 0.6) is 0 Å². The third-order valence-electron chi connectivity index (χ3n) is 2.54. The first-order valence-electron chi connectivity index (χ1n) is 5.77. The zero-order chi connectivity index (χ0) is 15.4. The molecule has 0 atom stereocenters. The molecule has 0 unspecified atom stereocenters. The van der Waals surface area contributed by atoms with Crippen LogP contribution in [0.25, 0.3) is 0 Å². The van der Waals surface area contributed by atoms with Gasteiger partial charge < -0.3 is 15.7 Å². The normalized spacial score (nSPS) is 10.2. The molecule has 21 heavy (non-hydrogen) atoms. The predicted octanol–water partition coefficient (Wildman–Crippen LogP) is 3.05. The van der Waals surface area contributed by atoms with Gasteiger partial charge in [0.1, 0.15) is 0 Å². The fourth-order valence-electron chi connectivity index (χ4n) is 1.57. The third kappa shape index (κ3) is 3.76. The minimum Gasteiger partial charge on any atom is -0.478 e. The lowest BCUT2D eigenvalue weighted by molar-refractivity contribution is 0.0697. The molecule has 2 aromatic rings. The number of benzene rings is 1. The van der Waals surface area contributed by atoms with Crippen LogP contribution in [0.3, 0.4) is 0 Å². The predicted molar refractivity (Wildman–Crippen MR) is 73.5 cm³/mol. The van der Waals surface area contributed by atoms with Gasteiger partial charge in [-0.25, -0.2) is 18.4 Å². The first-order chi connectivity index (χ1) is 9.97. The Balaban J connectivity index is 2.09. The van der Waals surface area contributed by atoms with Crippen molar-refractivity contribution in [1.82, 2.24) is 5.32 Å².